The van der Waals surface area contributed by atoms with E-state index in [1.807, 2.05) is 72.8 Å². The third-order valence-corrected chi connectivity index (χ3v) is 9.34. The summed E-state index contributed by atoms with van der Waals surface area (Å²) in [5.41, 5.74) is 11.4. The molecule has 0 N–H and O–H groups in total. The van der Waals surface area contributed by atoms with Gasteiger partial charge in [0.05, 0.1) is 11.4 Å². The summed E-state index contributed by atoms with van der Waals surface area (Å²) in [7, 11) is 0. The van der Waals surface area contributed by atoms with E-state index in [0.717, 1.165) is 72.2 Å². The molecule has 0 unspecified atom stereocenters. The molecule has 52 heavy (non-hydrogen) atoms. The average Bonchev–Trinajstić information content (AvgIpc) is 3.24. The van der Waals surface area contributed by atoms with E-state index < -0.39 is 0 Å². The van der Waals surface area contributed by atoms with E-state index in [1.54, 1.807) is 0 Å². The molecule has 9 rings (SSSR count). The highest BCUT2D eigenvalue weighted by atomic mass is 15.0. The summed E-state index contributed by atoms with van der Waals surface area (Å²) in [6.45, 7) is 0. The van der Waals surface area contributed by atoms with Crippen molar-refractivity contribution in [3.05, 3.63) is 194 Å². The zero-order valence-electron chi connectivity index (χ0n) is 28.3. The molecule has 0 aliphatic carbocycles. The van der Waals surface area contributed by atoms with Crippen molar-refractivity contribution in [3.8, 4) is 78.9 Å². The van der Waals surface area contributed by atoms with Gasteiger partial charge in [-0.05, 0) is 39.8 Å². The van der Waals surface area contributed by atoms with Crippen molar-refractivity contribution in [2.24, 2.45) is 0 Å². The standard InChI is InChI=1S/C48H32N4/c1-5-15-33(16-6-1)40-31-43(35-17-7-2-8-18-35)49-44(32-40)36-29-27-34(28-30-36)41-25-13-23-37-24-14-26-42(45(37)41)48-51-46(38-19-9-3-10-20-38)50-47(52-48)39-21-11-4-12-22-39/h1-32H. The molecule has 0 saturated heterocycles. The van der Waals surface area contributed by atoms with Gasteiger partial charge >= 0.3 is 0 Å². The van der Waals surface area contributed by atoms with E-state index in [4.69, 9.17) is 19.9 Å². The molecule has 0 aliphatic rings. The Morgan fingerprint density at radius 3 is 1.21 bits per heavy atom. The van der Waals surface area contributed by atoms with Crippen LogP contribution in [0, 0.1) is 0 Å². The maximum atomic E-state index is 5.15. The number of hydrogen-bond acceptors (Lipinski definition) is 4. The Labute approximate surface area is 302 Å². The molecule has 2 heterocycles. The number of pyridine rings is 1. The number of benzene rings is 7. The first kappa shape index (κ1) is 31.0. The molecule has 0 aliphatic heterocycles. The molecule has 9 aromatic rings. The first-order chi connectivity index (χ1) is 25.8. The van der Waals surface area contributed by atoms with Gasteiger partial charge in [0.25, 0.3) is 0 Å². The maximum absolute atomic E-state index is 5.15. The Balaban J connectivity index is 1.16. The van der Waals surface area contributed by atoms with Crippen molar-refractivity contribution in [3.63, 3.8) is 0 Å². The van der Waals surface area contributed by atoms with Gasteiger partial charge in [0.2, 0.25) is 0 Å². The molecule has 0 amide bonds. The minimum atomic E-state index is 0.637. The van der Waals surface area contributed by atoms with Gasteiger partial charge in [-0.2, -0.15) is 0 Å². The first-order valence-electron chi connectivity index (χ1n) is 17.4. The second kappa shape index (κ2) is 13.7. The van der Waals surface area contributed by atoms with Crippen molar-refractivity contribution in [2.75, 3.05) is 0 Å². The molecule has 0 bridgehead atoms. The molecular weight excluding hydrogens is 633 g/mol. The molecule has 0 atom stereocenters. The van der Waals surface area contributed by atoms with Crippen LogP contribution in [0.2, 0.25) is 0 Å². The van der Waals surface area contributed by atoms with Gasteiger partial charge in [0.15, 0.2) is 17.5 Å². The summed E-state index contributed by atoms with van der Waals surface area (Å²) in [6.07, 6.45) is 0. The van der Waals surface area contributed by atoms with Gasteiger partial charge in [-0.1, -0.05) is 182 Å². The smallest absolute Gasteiger partial charge is 0.164 e. The van der Waals surface area contributed by atoms with Crippen molar-refractivity contribution in [1.29, 1.82) is 0 Å². The predicted molar refractivity (Wildman–Crippen MR) is 213 cm³/mol. The summed E-state index contributed by atoms with van der Waals surface area (Å²) in [5, 5.41) is 2.21. The topological polar surface area (TPSA) is 51.6 Å². The molecule has 0 fully saturated rings. The minimum Gasteiger partial charge on any atom is -0.248 e. The van der Waals surface area contributed by atoms with Gasteiger partial charge in [-0.25, -0.2) is 19.9 Å². The zero-order chi connectivity index (χ0) is 34.7. The zero-order valence-corrected chi connectivity index (χ0v) is 28.3. The lowest BCUT2D eigenvalue weighted by Crippen LogP contribution is -2.00. The fourth-order valence-corrected chi connectivity index (χ4v) is 6.75. The van der Waals surface area contributed by atoms with Gasteiger partial charge in [0.1, 0.15) is 0 Å². The Morgan fingerprint density at radius 1 is 0.250 bits per heavy atom. The number of hydrogen-bond donors (Lipinski definition) is 0. The minimum absolute atomic E-state index is 0.637. The Bertz CT molecular complexity index is 2520. The highest BCUT2D eigenvalue weighted by Crippen LogP contribution is 2.38. The molecular formula is C48H32N4. The lowest BCUT2D eigenvalue weighted by Gasteiger charge is -2.14. The number of nitrogens with zero attached hydrogens (tertiary/aromatic N) is 4. The van der Waals surface area contributed by atoms with E-state index in [0.29, 0.717) is 17.5 Å². The van der Waals surface area contributed by atoms with Gasteiger partial charge in [-0.3, -0.25) is 0 Å². The highest BCUT2D eigenvalue weighted by Gasteiger charge is 2.17. The second-order valence-corrected chi connectivity index (χ2v) is 12.7. The summed E-state index contributed by atoms with van der Waals surface area (Å²) < 4.78 is 0. The van der Waals surface area contributed by atoms with E-state index in [2.05, 4.69) is 121 Å². The number of fused-ring (bicyclic) bond motifs is 1. The van der Waals surface area contributed by atoms with Crippen molar-refractivity contribution in [2.45, 2.75) is 0 Å². The average molecular weight is 665 g/mol. The number of aromatic nitrogens is 4. The summed E-state index contributed by atoms with van der Waals surface area (Å²) in [6, 6.07) is 66.9. The van der Waals surface area contributed by atoms with Crippen molar-refractivity contribution < 1.29 is 0 Å². The predicted octanol–water partition coefficient (Wildman–Crippen LogP) is 12.1. The van der Waals surface area contributed by atoms with Crippen molar-refractivity contribution >= 4 is 10.8 Å². The highest BCUT2D eigenvalue weighted by molar-refractivity contribution is 6.05. The quantitative estimate of drug-likeness (QED) is 0.170. The lowest BCUT2D eigenvalue weighted by molar-refractivity contribution is 1.08. The third-order valence-electron chi connectivity index (χ3n) is 9.34. The molecule has 0 saturated carbocycles. The molecule has 4 nitrogen and oxygen atoms in total. The summed E-state index contributed by atoms with van der Waals surface area (Å²) in [5.74, 6) is 1.92. The fraction of sp³-hybridized carbons (Fsp3) is 0. The Hall–Kier alpha value is -7.04. The van der Waals surface area contributed by atoms with E-state index in [1.165, 1.54) is 0 Å². The first-order valence-corrected chi connectivity index (χ1v) is 17.4. The largest absolute Gasteiger partial charge is 0.248 e. The monoisotopic (exact) mass is 664 g/mol. The van der Waals surface area contributed by atoms with Crippen LogP contribution in [0.4, 0.5) is 0 Å². The van der Waals surface area contributed by atoms with Crippen LogP contribution < -0.4 is 0 Å². The Kier molecular flexibility index (Phi) is 8.16. The third kappa shape index (κ3) is 6.14. The van der Waals surface area contributed by atoms with E-state index in [9.17, 15) is 0 Å². The van der Waals surface area contributed by atoms with Crippen molar-refractivity contribution in [1.82, 2.24) is 19.9 Å². The number of rotatable bonds is 7. The van der Waals surface area contributed by atoms with Crippen LogP contribution in [-0.4, -0.2) is 19.9 Å². The molecule has 4 heteroatoms. The van der Waals surface area contributed by atoms with E-state index >= 15 is 0 Å². The van der Waals surface area contributed by atoms with Gasteiger partial charge in [-0.15, -0.1) is 0 Å². The second-order valence-electron chi connectivity index (χ2n) is 12.7. The summed E-state index contributed by atoms with van der Waals surface area (Å²) in [4.78, 5) is 20.2. The maximum Gasteiger partial charge on any atom is 0.164 e. The van der Waals surface area contributed by atoms with Gasteiger partial charge < -0.3 is 0 Å². The van der Waals surface area contributed by atoms with Crippen LogP contribution in [-0.2, 0) is 0 Å². The SMILES string of the molecule is c1ccc(-c2cc(-c3ccccc3)nc(-c3ccc(-c4cccc5cccc(-c6nc(-c7ccccc7)nc(-c7ccccc7)n6)c45)cc3)c2)cc1. The molecule has 244 valence electrons. The molecule has 2 aromatic heterocycles. The van der Waals surface area contributed by atoms with Crippen LogP contribution in [0.5, 0.6) is 0 Å². The fourth-order valence-electron chi connectivity index (χ4n) is 6.75. The van der Waals surface area contributed by atoms with Crippen LogP contribution in [0.25, 0.3) is 89.7 Å². The molecule has 0 spiro atoms. The molecule has 7 aromatic carbocycles. The summed E-state index contributed by atoms with van der Waals surface area (Å²) >= 11 is 0. The van der Waals surface area contributed by atoms with Gasteiger partial charge in [0, 0.05) is 33.2 Å². The Morgan fingerprint density at radius 2 is 0.673 bits per heavy atom. The molecule has 0 radical (unpaired) electrons. The van der Waals surface area contributed by atoms with E-state index in [-0.39, 0.29) is 0 Å². The normalized spacial score (nSPS) is 11.1. The van der Waals surface area contributed by atoms with Crippen LogP contribution in [0.15, 0.2) is 194 Å². The van der Waals surface area contributed by atoms with Crippen LogP contribution in [0.1, 0.15) is 0 Å². The van der Waals surface area contributed by atoms with Crippen LogP contribution in [0.3, 0.4) is 0 Å². The lowest BCUT2D eigenvalue weighted by atomic mass is 9.93. The van der Waals surface area contributed by atoms with Crippen LogP contribution >= 0.6 is 0 Å².